The molecule has 0 spiro atoms. The molecule has 3 aromatic heterocycles. The highest BCUT2D eigenvalue weighted by Gasteiger charge is 2.23. The number of nitrogens with zero attached hydrogens (tertiary/aromatic N) is 4. The summed E-state index contributed by atoms with van der Waals surface area (Å²) in [5, 5.41) is 11.6. The van der Waals surface area contributed by atoms with E-state index in [0.717, 1.165) is 11.5 Å². The Kier molecular flexibility index (Phi) is 4.97. The second-order valence-corrected chi connectivity index (χ2v) is 6.61. The lowest BCUT2D eigenvalue weighted by Crippen LogP contribution is -2.22. The van der Waals surface area contributed by atoms with E-state index in [2.05, 4.69) is 16.4 Å². The van der Waals surface area contributed by atoms with Gasteiger partial charge in [0.2, 0.25) is 0 Å². The number of Topliss-reactive ketones (excluding diaryl/α,β-unsaturated/α-hetero) is 1. The van der Waals surface area contributed by atoms with Gasteiger partial charge in [-0.25, -0.2) is 0 Å². The van der Waals surface area contributed by atoms with Gasteiger partial charge in [0.15, 0.2) is 0 Å². The minimum absolute atomic E-state index is 0.303. The molecule has 0 saturated heterocycles. The van der Waals surface area contributed by atoms with Crippen LogP contribution < -0.4 is 10.2 Å². The van der Waals surface area contributed by atoms with Crippen molar-refractivity contribution in [3.05, 3.63) is 90.4 Å². The van der Waals surface area contributed by atoms with E-state index in [4.69, 9.17) is 5.26 Å². The van der Waals surface area contributed by atoms with E-state index in [1.807, 2.05) is 46.8 Å². The topological polar surface area (TPSA) is 90.5 Å². The highest BCUT2D eigenvalue weighted by Crippen LogP contribution is 2.29. The van der Waals surface area contributed by atoms with Crippen LogP contribution in [-0.4, -0.2) is 28.1 Å². The van der Waals surface area contributed by atoms with Crippen LogP contribution in [0.25, 0.3) is 5.52 Å². The average Bonchev–Trinajstić information content (AvgIpc) is 3.18. The number of nitrogens with one attached hydrogen (secondary N) is 1. The first-order chi connectivity index (χ1) is 14.6. The fourth-order valence-electron chi connectivity index (χ4n) is 3.21. The minimum Gasteiger partial charge on any atom is -0.331 e. The third kappa shape index (κ3) is 3.50. The number of fused-ring (bicyclic) bond motifs is 1. The van der Waals surface area contributed by atoms with Crippen LogP contribution in [0.1, 0.15) is 15.9 Å². The van der Waals surface area contributed by atoms with Crippen LogP contribution in [0.15, 0.2) is 79.3 Å². The lowest BCUT2D eigenvalue weighted by Gasteiger charge is -2.19. The van der Waals surface area contributed by atoms with Crippen molar-refractivity contribution < 1.29 is 9.59 Å². The monoisotopic (exact) mass is 395 g/mol. The second kappa shape index (κ2) is 7.89. The molecular weight excluding hydrogens is 378 g/mol. The molecule has 0 atom stereocenters. The maximum absolute atomic E-state index is 12.9. The summed E-state index contributed by atoms with van der Waals surface area (Å²) in [5.74, 6) is -0.629. The molecule has 1 N–H and O–H groups in total. The van der Waals surface area contributed by atoms with E-state index < -0.39 is 11.7 Å². The van der Waals surface area contributed by atoms with E-state index >= 15 is 0 Å². The average molecular weight is 395 g/mol. The summed E-state index contributed by atoms with van der Waals surface area (Å²) in [5.41, 5.74) is 2.84. The number of anilines is 3. The molecule has 1 aromatic carbocycles. The number of hydrogen-bond donors (Lipinski definition) is 1. The summed E-state index contributed by atoms with van der Waals surface area (Å²) in [4.78, 5) is 31.3. The van der Waals surface area contributed by atoms with Crippen LogP contribution in [0.5, 0.6) is 0 Å². The van der Waals surface area contributed by atoms with Crippen molar-refractivity contribution in [3.8, 4) is 6.07 Å². The molecule has 4 aromatic rings. The van der Waals surface area contributed by atoms with Gasteiger partial charge in [-0.1, -0.05) is 6.07 Å². The first-order valence-corrected chi connectivity index (χ1v) is 9.18. The zero-order valence-corrected chi connectivity index (χ0v) is 16.1. The lowest BCUT2D eigenvalue weighted by atomic mass is 10.1. The highest BCUT2D eigenvalue weighted by molar-refractivity contribution is 6.48. The zero-order chi connectivity index (χ0) is 21.1. The van der Waals surface area contributed by atoms with Gasteiger partial charge in [0.25, 0.3) is 11.7 Å². The number of aromatic nitrogens is 2. The first-order valence-electron chi connectivity index (χ1n) is 9.18. The van der Waals surface area contributed by atoms with Gasteiger partial charge in [0.1, 0.15) is 5.82 Å². The first kappa shape index (κ1) is 18.9. The van der Waals surface area contributed by atoms with Gasteiger partial charge in [0.05, 0.1) is 22.7 Å². The van der Waals surface area contributed by atoms with Crippen LogP contribution in [-0.2, 0) is 4.79 Å². The molecule has 4 rings (SSSR count). The Morgan fingerprint density at radius 1 is 1.07 bits per heavy atom. The summed E-state index contributed by atoms with van der Waals surface area (Å²) in [7, 11) is 1.86. The van der Waals surface area contributed by atoms with Gasteiger partial charge < -0.3 is 14.6 Å². The second-order valence-electron chi connectivity index (χ2n) is 6.61. The number of benzene rings is 1. The van der Waals surface area contributed by atoms with Crippen LogP contribution >= 0.6 is 0 Å². The third-order valence-electron chi connectivity index (χ3n) is 4.77. The smallest absolute Gasteiger partial charge is 0.296 e. The van der Waals surface area contributed by atoms with Crippen molar-refractivity contribution in [1.82, 2.24) is 9.38 Å². The third-order valence-corrected chi connectivity index (χ3v) is 4.77. The van der Waals surface area contributed by atoms with Crippen molar-refractivity contribution in [2.24, 2.45) is 0 Å². The van der Waals surface area contributed by atoms with Gasteiger partial charge in [0, 0.05) is 37.0 Å². The van der Waals surface area contributed by atoms with Crippen molar-refractivity contribution in [1.29, 1.82) is 5.26 Å². The molecule has 7 nitrogen and oxygen atoms in total. The maximum atomic E-state index is 12.9. The summed E-state index contributed by atoms with van der Waals surface area (Å²) >= 11 is 0. The molecule has 7 heteroatoms. The molecule has 3 heterocycles. The molecule has 0 saturated carbocycles. The number of rotatable bonds is 5. The molecule has 0 fully saturated rings. The molecule has 0 radical (unpaired) electrons. The van der Waals surface area contributed by atoms with Crippen LogP contribution in [0.4, 0.5) is 17.2 Å². The standard InChI is InChI=1S/C23H17N5O2/c1-27(18-7-5-16(15-24)6-8-18)21-14-19(20-4-2-3-13-28(20)21)22(29)23(30)26-17-9-11-25-12-10-17/h2-14H,1H3,(H,25,26,30). The Morgan fingerprint density at radius 2 is 1.80 bits per heavy atom. The Balaban J connectivity index is 1.70. The minimum atomic E-state index is -0.717. The number of ketones is 1. The Bertz CT molecular complexity index is 1270. The van der Waals surface area contributed by atoms with E-state index in [-0.39, 0.29) is 0 Å². The normalized spacial score (nSPS) is 10.4. The number of carbonyl (C=O) groups excluding carboxylic acids is 2. The van der Waals surface area contributed by atoms with Crippen molar-refractivity contribution in [2.75, 3.05) is 17.3 Å². The van der Waals surface area contributed by atoms with Crippen LogP contribution in [0.3, 0.4) is 0 Å². The summed E-state index contributed by atoms with van der Waals surface area (Å²) < 4.78 is 1.85. The number of carbonyl (C=O) groups is 2. The fourth-order valence-corrected chi connectivity index (χ4v) is 3.21. The van der Waals surface area contributed by atoms with E-state index in [0.29, 0.717) is 22.3 Å². The predicted octanol–water partition coefficient (Wildman–Crippen LogP) is 3.80. The SMILES string of the molecule is CN(c1ccc(C#N)cc1)c1cc(C(=O)C(=O)Nc2ccncc2)c2ccccn12. The molecule has 146 valence electrons. The molecular formula is C23H17N5O2. The molecule has 0 bridgehead atoms. The number of hydrogen-bond acceptors (Lipinski definition) is 5. The van der Waals surface area contributed by atoms with Crippen LogP contribution in [0, 0.1) is 11.3 Å². The largest absolute Gasteiger partial charge is 0.331 e. The van der Waals surface area contributed by atoms with Crippen molar-refractivity contribution in [2.45, 2.75) is 0 Å². The number of nitriles is 1. The quantitative estimate of drug-likeness (QED) is 0.410. The molecule has 0 aliphatic carbocycles. The summed E-state index contributed by atoms with van der Waals surface area (Å²) in [6.45, 7) is 0. The Hall–Kier alpha value is -4.44. The predicted molar refractivity (Wildman–Crippen MR) is 114 cm³/mol. The highest BCUT2D eigenvalue weighted by atomic mass is 16.2. The Morgan fingerprint density at radius 3 is 2.50 bits per heavy atom. The van der Waals surface area contributed by atoms with E-state index in [9.17, 15) is 9.59 Å². The van der Waals surface area contributed by atoms with E-state index in [1.165, 1.54) is 0 Å². The zero-order valence-electron chi connectivity index (χ0n) is 16.1. The molecule has 30 heavy (non-hydrogen) atoms. The van der Waals surface area contributed by atoms with E-state index in [1.54, 1.807) is 48.8 Å². The number of amides is 1. The summed E-state index contributed by atoms with van der Waals surface area (Å²) in [6, 6.07) is 19.6. The Labute approximate surface area is 172 Å². The fraction of sp³-hybridized carbons (Fsp3) is 0.0435. The molecule has 0 aliphatic rings. The van der Waals surface area contributed by atoms with Gasteiger partial charge in [-0.15, -0.1) is 0 Å². The maximum Gasteiger partial charge on any atom is 0.296 e. The van der Waals surface area contributed by atoms with Gasteiger partial charge in [-0.3, -0.25) is 14.6 Å². The number of pyridine rings is 2. The van der Waals surface area contributed by atoms with Crippen LogP contribution in [0.2, 0.25) is 0 Å². The van der Waals surface area contributed by atoms with Gasteiger partial charge in [-0.05, 0) is 54.6 Å². The van der Waals surface area contributed by atoms with Crippen molar-refractivity contribution in [3.63, 3.8) is 0 Å². The lowest BCUT2D eigenvalue weighted by molar-refractivity contribution is -0.112. The molecule has 0 aliphatic heterocycles. The van der Waals surface area contributed by atoms with Crippen molar-refractivity contribution >= 4 is 34.4 Å². The van der Waals surface area contributed by atoms with Gasteiger partial charge >= 0.3 is 0 Å². The summed E-state index contributed by atoms with van der Waals surface area (Å²) in [6.07, 6.45) is 4.92. The molecule has 0 unspecified atom stereocenters. The van der Waals surface area contributed by atoms with Gasteiger partial charge in [-0.2, -0.15) is 5.26 Å². The molecule has 1 amide bonds.